The van der Waals surface area contributed by atoms with Crippen molar-refractivity contribution < 1.29 is 29.0 Å². The second-order valence-electron chi connectivity index (χ2n) is 5.07. The summed E-state index contributed by atoms with van der Waals surface area (Å²) in [6.07, 6.45) is -0.536. The van der Waals surface area contributed by atoms with Gasteiger partial charge in [0.25, 0.3) is 0 Å². The van der Waals surface area contributed by atoms with E-state index in [1.54, 1.807) is 0 Å². The topological polar surface area (TPSA) is 139 Å². The second kappa shape index (κ2) is 7.18. The van der Waals surface area contributed by atoms with E-state index in [-0.39, 0.29) is 18.8 Å². The second-order valence-corrected chi connectivity index (χ2v) is 5.51. The van der Waals surface area contributed by atoms with Gasteiger partial charge in [0.15, 0.2) is 5.75 Å². The Bertz CT molecular complexity index is 708. The van der Waals surface area contributed by atoms with Crippen LogP contribution in [0.3, 0.4) is 0 Å². The largest absolute Gasteiger partial charge is 0.480 e. The fraction of sp³-hybridized carbons (Fsp3) is 0.286. The monoisotopic (exact) mass is 355 g/mol. The summed E-state index contributed by atoms with van der Waals surface area (Å²) in [5.41, 5.74) is 5.38. The van der Waals surface area contributed by atoms with Crippen molar-refractivity contribution in [2.45, 2.75) is 12.5 Å². The van der Waals surface area contributed by atoms with Crippen LogP contribution in [0.4, 0.5) is 5.69 Å². The molecule has 4 N–H and O–H groups in total. The standard InChI is InChI=1S/C14H14ClN3O6/c15-7-1-2-10-9(3-7)18(6-13(21)24-10)5-12(20)17-8(14(22)23)4-11(16)19/h1-3,8H,4-6H2,(H2,16,19)(H,17,20)(H,22,23). The summed E-state index contributed by atoms with van der Waals surface area (Å²) in [5, 5.41) is 11.6. The molecule has 0 saturated heterocycles. The fourth-order valence-electron chi connectivity index (χ4n) is 2.18. The number of rotatable bonds is 6. The zero-order valence-corrected chi connectivity index (χ0v) is 13.1. The lowest BCUT2D eigenvalue weighted by molar-refractivity contribution is -0.143. The van der Waals surface area contributed by atoms with Crippen LogP contribution in [0.5, 0.6) is 5.75 Å². The van der Waals surface area contributed by atoms with Crippen LogP contribution in [0.15, 0.2) is 18.2 Å². The van der Waals surface area contributed by atoms with Gasteiger partial charge in [-0.3, -0.25) is 9.59 Å². The molecule has 1 atom stereocenters. The number of aliphatic carboxylic acids is 1. The molecule has 0 spiro atoms. The third kappa shape index (κ3) is 4.35. The van der Waals surface area contributed by atoms with Crippen LogP contribution in [0.1, 0.15) is 6.42 Å². The van der Waals surface area contributed by atoms with Gasteiger partial charge in [-0.25, -0.2) is 9.59 Å². The smallest absolute Gasteiger partial charge is 0.331 e. The highest BCUT2D eigenvalue weighted by Crippen LogP contribution is 2.34. The van der Waals surface area contributed by atoms with Gasteiger partial charge in [-0.1, -0.05) is 11.6 Å². The zero-order valence-electron chi connectivity index (χ0n) is 12.3. The predicted molar refractivity (Wildman–Crippen MR) is 82.7 cm³/mol. The van der Waals surface area contributed by atoms with E-state index in [2.05, 4.69) is 5.32 Å². The van der Waals surface area contributed by atoms with Crippen molar-refractivity contribution in [3.05, 3.63) is 23.2 Å². The summed E-state index contributed by atoms with van der Waals surface area (Å²) in [6, 6.07) is 3.11. The molecule has 0 radical (unpaired) electrons. The number of benzene rings is 1. The number of esters is 1. The minimum Gasteiger partial charge on any atom is -0.480 e. The van der Waals surface area contributed by atoms with Gasteiger partial charge in [-0.2, -0.15) is 0 Å². The number of primary amides is 1. The van der Waals surface area contributed by atoms with E-state index in [1.807, 2.05) is 0 Å². The molecule has 0 bridgehead atoms. The lowest BCUT2D eigenvalue weighted by Gasteiger charge is -2.29. The SMILES string of the molecule is NC(=O)CC(NC(=O)CN1CC(=O)Oc2ccc(Cl)cc21)C(=O)O. The van der Waals surface area contributed by atoms with Crippen molar-refractivity contribution in [2.24, 2.45) is 5.73 Å². The van der Waals surface area contributed by atoms with Gasteiger partial charge in [0.2, 0.25) is 11.8 Å². The number of fused-ring (bicyclic) bond motifs is 1. The first-order chi connectivity index (χ1) is 11.3. The molecule has 0 saturated carbocycles. The van der Waals surface area contributed by atoms with Crippen molar-refractivity contribution in [2.75, 3.05) is 18.0 Å². The maximum absolute atomic E-state index is 12.1. The molecule has 0 fully saturated rings. The fourth-order valence-corrected chi connectivity index (χ4v) is 2.34. The molecule has 128 valence electrons. The first-order valence-electron chi connectivity index (χ1n) is 6.82. The van der Waals surface area contributed by atoms with Crippen molar-refractivity contribution in [3.63, 3.8) is 0 Å². The molecule has 24 heavy (non-hydrogen) atoms. The van der Waals surface area contributed by atoms with E-state index >= 15 is 0 Å². The van der Waals surface area contributed by atoms with Crippen LogP contribution in [0, 0.1) is 0 Å². The third-order valence-electron chi connectivity index (χ3n) is 3.18. The van der Waals surface area contributed by atoms with E-state index in [4.69, 9.17) is 27.2 Å². The predicted octanol–water partition coefficient (Wildman–Crippen LogP) is -0.490. The Hall–Kier alpha value is -2.81. The van der Waals surface area contributed by atoms with Crippen molar-refractivity contribution in [3.8, 4) is 5.75 Å². The minimum absolute atomic E-state index is 0.200. The van der Waals surface area contributed by atoms with E-state index < -0.39 is 36.2 Å². The Morgan fingerprint density at radius 1 is 1.42 bits per heavy atom. The molecule has 1 unspecified atom stereocenters. The van der Waals surface area contributed by atoms with Gasteiger partial charge in [0, 0.05) is 5.02 Å². The lowest BCUT2D eigenvalue weighted by Crippen LogP contribution is -2.49. The summed E-state index contributed by atoms with van der Waals surface area (Å²) >= 11 is 5.90. The molecule has 2 amide bonds. The quantitative estimate of drug-likeness (QED) is 0.462. The van der Waals surface area contributed by atoms with Gasteiger partial charge >= 0.3 is 11.9 Å². The van der Waals surface area contributed by atoms with Crippen LogP contribution < -0.4 is 20.7 Å². The molecule has 1 heterocycles. The Morgan fingerprint density at radius 2 is 2.12 bits per heavy atom. The molecule has 0 aromatic heterocycles. The van der Waals surface area contributed by atoms with E-state index in [0.717, 1.165) is 0 Å². The molecular formula is C14H14ClN3O6. The number of carboxylic acid groups (broad SMARTS) is 1. The molecule has 10 heteroatoms. The van der Waals surface area contributed by atoms with Gasteiger partial charge in [0.05, 0.1) is 18.7 Å². The number of ether oxygens (including phenoxy) is 1. The summed E-state index contributed by atoms with van der Waals surface area (Å²) in [5.74, 6) is -3.26. The van der Waals surface area contributed by atoms with Crippen molar-refractivity contribution in [1.82, 2.24) is 5.32 Å². The van der Waals surface area contributed by atoms with Crippen LogP contribution in [0.25, 0.3) is 0 Å². The summed E-state index contributed by atoms with van der Waals surface area (Å²) < 4.78 is 5.04. The molecule has 1 aromatic rings. The summed E-state index contributed by atoms with van der Waals surface area (Å²) in [4.78, 5) is 46.9. The zero-order chi connectivity index (χ0) is 17.9. The van der Waals surface area contributed by atoms with E-state index in [9.17, 15) is 19.2 Å². The molecule has 0 aliphatic carbocycles. The maximum atomic E-state index is 12.1. The van der Waals surface area contributed by atoms with Gasteiger partial charge in [-0.15, -0.1) is 0 Å². The molecule has 1 aliphatic heterocycles. The number of nitrogens with zero attached hydrogens (tertiary/aromatic N) is 1. The average molecular weight is 356 g/mol. The number of carbonyl (C=O) groups is 4. The Labute approximate surface area is 141 Å². The highest BCUT2D eigenvalue weighted by atomic mass is 35.5. The van der Waals surface area contributed by atoms with Gasteiger partial charge in [0.1, 0.15) is 12.6 Å². The summed E-state index contributed by atoms with van der Waals surface area (Å²) in [6.45, 7) is -0.515. The Morgan fingerprint density at radius 3 is 2.75 bits per heavy atom. The number of carbonyl (C=O) groups excluding carboxylic acids is 3. The molecule has 2 rings (SSSR count). The number of nitrogens with one attached hydrogen (secondary N) is 1. The number of hydrogen-bond acceptors (Lipinski definition) is 6. The van der Waals surface area contributed by atoms with Crippen molar-refractivity contribution in [1.29, 1.82) is 0 Å². The highest BCUT2D eigenvalue weighted by molar-refractivity contribution is 6.31. The number of amides is 2. The van der Waals surface area contributed by atoms with Crippen molar-refractivity contribution >= 4 is 41.0 Å². The molecular weight excluding hydrogens is 342 g/mol. The van der Waals surface area contributed by atoms with Crippen LogP contribution >= 0.6 is 11.6 Å². The summed E-state index contributed by atoms with van der Waals surface area (Å²) in [7, 11) is 0. The Balaban J connectivity index is 2.11. The van der Waals surface area contributed by atoms with E-state index in [1.165, 1.54) is 23.1 Å². The number of halogens is 1. The number of hydrogen-bond donors (Lipinski definition) is 3. The van der Waals surface area contributed by atoms with Crippen LogP contribution in [-0.4, -0.2) is 48.0 Å². The van der Waals surface area contributed by atoms with E-state index in [0.29, 0.717) is 10.7 Å². The number of carboxylic acids is 1. The maximum Gasteiger partial charge on any atom is 0.331 e. The van der Waals surface area contributed by atoms with Crippen LogP contribution in [-0.2, 0) is 19.2 Å². The molecule has 9 nitrogen and oxygen atoms in total. The highest BCUT2D eigenvalue weighted by Gasteiger charge is 2.28. The lowest BCUT2D eigenvalue weighted by atomic mass is 10.2. The average Bonchev–Trinajstić information content (AvgIpc) is 2.46. The Kier molecular flexibility index (Phi) is 5.24. The van der Waals surface area contributed by atoms with Gasteiger partial charge in [-0.05, 0) is 18.2 Å². The normalized spacial score (nSPS) is 14.4. The van der Waals surface area contributed by atoms with Gasteiger partial charge < -0.3 is 25.8 Å². The number of anilines is 1. The van der Waals surface area contributed by atoms with Crippen LogP contribution in [0.2, 0.25) is 5.02 Å². The first kappa shape index (κ1) is 17.5. The third-order valence-corrected chi connectivity index (χ3v) is 3.41. The first-order valence-corrected chi connectivity index (χ1v) is 7.19. The number of nitrogens with two attached hydrogens (primary N) is 1. The minimum atomic E-state index is -1.44. The molecule has 1 aliphatic rings. The molecule has 1 aromatic carbocycles.